The lowest BCUT2D eigenvalue weighted by Gasteiger charge is -2.35. The predicted octanol–water partition coefficient (Wildman–Crippen LogP) is 1.37. The van der Waals surface area contributed by atoms with E-state index < -0.39 is 0 Å². The summed E-state index contributed by atoms with van der Waals surface area (Å²) in [4.78, 5) is 19.9. The van der Waals surface area contributed by atoms with Crippen LogP contribution in [0.2, 0.25) is 0 Å². The van der Waals surface area contributed by atoms with Gasteiger partial charge >= 0.3 is 0 Å². The molecule has 0 saturated carbocycles. The van der Waals surface area contributed by atoms with Gasteiger partial charge in [-0.05, 0) is 19.3 Å². The monoisotopic (exact) mass is 339 g/mol. The van der Waals surface area contributed by atoms with Crippen molar-refractivity contribution >= 4 is 17.2 Å². The van der Waals surface area contributed by atoms with Crippen LogP contribution in [0.3, 0.4) is 0 Å². The Kier molecular flexibility index (Phi) is 5.63. The maximum Gasteiger partial charge on any atom is 0.248 e. The maximum atomic E-state index is 11.5. The minimum Gasteiger partial charge on any atom is -0.371 e. The van der Waals surface area contributed by atoms with Crippen molar-refractivity contribution in [3.8, 4) is 0 Å². The summed E-state index contributed by atoms with van der Waals surface area (Å²) in [6.45, 7) is 2.65. The van der Waals surface area contributed by atoms with Gasteiger partial charge in [0.1, 0.15) is 11.6 Å². The largest absolute Gasteiger partial charge is 0.371 e. The number of ether oxygens (including phenoxy) is 2. The van der Waals surface area contributed by atoms with Crippen molar-refractivity contribution in [2.45, 2.75) is 44.1 Å². The van der Waals surface area contributed by atoms with Gasteiger partial charge in [0.25, 0.3) is 0 Å². The number of hydrogen-bond donors (Lipinski definition) is 0. The first-order chi connectivity index (χ1) is 11.1. The van der Waals surface area contributed by atoms with E-state index >= 15 is 0 Å². The molecule has 23 heavy (non-hydrogen) atoms. The molecule has 3 heterocycles. The minimum absolute atomic E-state index is 0.00539. The number of fused-ring (bicyclic) bond motifs is 1. The predicted molar refractivity (Wildman–Crippen MR) is 88.3 cm³/mol. The van der Waals surface area contributed by atoms with Crippen molar-refractivity contribution in [3.05, 3.63) is 16.6 Å². The summed E-state index contributed by atoms with van der Waals surface area (Å²) in [5.74, 6) is -0.00539. The fourth-order valence-corrected chi connectivity index (χ4v) is 3.96. The number of amides is 1. The summed E-state index contributed by atoms with van der Waals surface area (Å²) >= 11 is 1.72. The molecule has 2 aliphatic heterocycles. The van der Waals surface area contributed by atoms with Crippen LogP contribution in [0.4, 0.5) is 0 Å². The lowest BCUT2D eigenvalue weighted by atomic mass is 9.99. The van der Waals surface area contributed by atoms with E-state index in [1.807, 2.05) is 11.6 Å². The fourth-order valence-electron chi connectivity index (χ4n) is 3.32. The van der Waals surface area contributed by atoms with E-state index in [9.17, 15) is 4.79 Å². The van der Waals surface area contributed by atoms with Crippen LogP contribution in [0.5, 0.6) is 0 Å². The fraction of sp³-hybridized carbons (Fsp3) is 0.750. The highest BCUT2D eigenvalue weighted by Crippen LogP contribution is 2.32. The minimum atomic E-state index is -0.00539. The van der Waals surface area contributed by atoms with Crippen LogP contribution in [-0.4, -0.2) is 72.8 Å². The maximum absolute atomic E-state index is 11.5. The molecule has 7 heteroatoms. The van der Waals surface area contributed by atoms with Crippen LogP contribution in [0, 0.1) is 0 Å². The molecule has 1 aromatic rings. The van der Waals surface area contributed by atoms with Crippen molar-refractivity contribution in [1.82, 2.24) is 14.8 Å². The number of aromatic nitrogens is 1. The molecule has 2 aliphatic rings. The van der Waals surface area contributed by atoms with Crippen LogP contribution in [0.25, 0.3) is 0 Å². The number of thiazole rings is 1. The van der Waals surface area contributed by atoms with Crippen molar-refractivity contribution < 1.29 is 14.3 Å². The molecule has 2 fully saturated rings. The summed E-state index contributed by atoms with van der Waals surface area (Å²) in [5, 5.41) is 3.21. The third-order valence-corrected chi connectivity index (χ3v) is 5.36. The highest BCUT2D eigenvalue weighted by Gasteiger charge is 2.39. The number of carbonyl (C=O) groups is 1. The summed E-state index contributed by atoms with van der Waals surface area (Å²) in [6, 6.07) is 0.499. The van der Waals surface area contributed by atoms with Gasteiger partial charge in [-0.15, -0.1) is 11.3 Å². The number of rotatable bonds is 6. The molecule has 1 unspecified atom stereocenters. The Hall–Kier alpha value is -1.02. The Bertz CT molecular complexity index is 509. The summed E-state index contributed by atoms with van der Waals surface area (Å²) in [6.07, 6.45) is 5.47. The number of likely N-dealkylation sites (tertiary alicyclic amines) is 1. The van der Waals surface area contributed by atoms with Gasteiger partial charge in [-0.2, -0.15) is 0 Å². The van der Waals surface area contributed by atoms with E-state index in [1.165, 1.54) is 5.01 Å². The number of hydrogen-bond acceptors (Lipinski definition) is 6. The molecule has 0 radical (unpaired) electrons. The first-order valence-electron chi connectivity index (χ1n) is 8.19. The average molecular weight is 339 g/mol. The second-order valence-electron chi connectivity index (χ2n) is 6.43. The van der Waals surface area contributed by atoms with E-state index in [4.69, 9.17) is 9.47 Å². The second-order valence-corrected chi connectivity index (χ2v) is 7.41. The zero-order chi connectivity index (χ0) is 16.2. The summed E-state index contributed by atoms with van der Waals surface area (Å²) < 4.78 is 11.7. The van der Waals surface area contributed by atoms with Crippen LogP contribution in [0.1, 0.15) is 24.3 Å². The second kappa shape index (κ2) is 7.70. The molecular formula is C16H25N3O3S. The number of likely N-dealkylation sites (N-methyl/N-ethyl adjacent to an activating group) is 1. The van der Waals surface area contributed by atoms with Gasteiger partial charge in [-0.1, -0.05) is 0 Å². The van der Waals surface area contributed by atoms with Gasteiger partial charge in [0.15, 0.2) is 0 Å². The van der Waals surface area contributed by atoms with Crippen LogP contribution < -0.4 is 0 Å². The molecule has 6 nitrogen and oxygen atoms in total. The van der Waals surface area contributed by atoms with E-state index in [-0.39, 0.29) is 18.6 Å². The number of carbonyl (C=O) groups excluding carboxylic acids is 1. The van der Waals surface area contributed by atoms with Gasteiger partial charge in [-0.3, -0.25) is 9.69 Å². The van der Waals surface area contributed by atoms with Gasteiger partial charge in [-0.25, -0.2) is 4.98 Å². The first kappa shape index (κ1) is 16.8. The third kappa shape index (κ3) is 4.29. The number of nitrogens with zero attached hydrogens (tertiary/aromatic N) is 3. The van der Waals surface area contributed by atoms with E-state index in [0.29, 0.717) is 18.8 Å². The molecule has 2 saturated heterocycles. The van der Waals surface area contributed by atoms with Crippen molar-refractivity contribution in [3.63, 3.8) is 0 Å². The lowest BCUT2D eigenvalue weighted by molar-refractivity contribution is -0.138. The van der Waals surface area contributed by atoms with E-state index in [1.54, 1.807) is 30.3 Å². The topological polar surface area (TPSA) is 54.9 Å². The SMILES string of the molecule is CN(C)C(=O)COCC1CC[C@H]2[C@H](CCN2Cc2nccs2)O1. The smallest absolute Gasteiger partial charge is 0.248 e. The molecule has 0 N–H and O–H groups in total. The van der Waals surface area contributed by atoms with Gasteiger partial charge in [0.2, 0.25) is 5.91 Å². The Morgan fingerprint density at radius 3 is 3.09 bits per heavy atom. The molecule has 0 aliphatic carbocycles. The van der Waals surface area contributed by atoms with E-state index in [0.717, 1.165) is 32.4 Å². The molecule has 3 atom stereocenters. The van der Waals surface area contributed by atoms with E-state index in [2.05, 4.69) is 9.88 Å². The summed E-state index contributed by atoms with van der Waals surface area (Å²) in [7, 11) is 3.48. The zero-order valence-corrected chi connectivity index (χ0v) is 14.6. The molecule has 0 aromatic carbocycles. The third-order valence-electron chi connectivity index (χ3n) is 4.60. The molecule has 0 spiro atoms. The molecule has 1 aromatic heterocycles. The highest BCUT2D eigenvalue weighted by molar-refractivity contribution is 7.09. The van der Waals surface area contributed by atoms with Crippen molar-refractivity contribution in [2.24, 2.45) is 0 Å². The van der Waals surface area contributed by atoms with Gasteiger partial charge < -0.3 is 14.4 Å². The molecule has 1 amide bonds. The normalized spacial score (nSPS) is 27.8. The zero-order valence-electron chi connectivity index (χ0n) is 13.8. The average Bonchev–Trinajstić information content (AvgIpc) is 3.17. The van der Waals surface area contributed by atoms with Gasteiger partial charge in [0, 0.05) is 38.3 Å². The Morgan fingerprint density at radius 1 is 1.48 bits per heavy atom. The Labute approximate surface area is 141 Å². The van der Waals surface area contributed by atoms with Crippen LogP contribution >= 0.6 is 11.3 Å². The summed E-state index contributed by atoms with van der Waals surface area (Å²) in [5.41, 5.74) is 0. The molecular weight excluding hydrogens is 314 g/mol. The molecule has 0 bridgehead atoms. The quantitative estimate of drug-likeness (QED) is 0.783. The van der Waals surface area contributed by atoms with Gasteiger partial charge in [0.05, 0.1) is 25.4 Å². The molecule has 128 valence electrons. The highest BCUT2D eigenvalue weighted by atomic mass is 32.1. The first-order valence-corrected chi connectivity index (χ1v) is 9.07. The Morgan fingerprint density at radius 2 is 2.35 bits per heavy atom. The van der Waals surface area contributed by atoms with Crippen LogP contribution in [0.15, 0.2) is 11.6 Å². The lowest BCUT2D eigenvalue weighted by Crippen LogP contribution is -2.43. The molecule has 3 rings (SSSR count). The van der Waals surface area contributed by atoms with Crippen molar-refractivity contribution in [1.29, 1.82) is 0 Å². The van der Waals surface area contributed by atoms with Crippen molar-refractivity contribution in [2.75, 3.05) is 33.9 Å². The van der Waals surface area contributed by atoms with Crippen LogP contribution in [-0.2, 0) is 20.8 Å². The Balaban J connectivity index is 1.42. The standard InChI is InChI=1S/C16H25N3O3S/c1-18(2)16(20)11-21-10-12-3-4-13-14(22-12)5-7-19(13)9-15-17-6-8-23-15/h6,8,12-14H,3-5,7,9-11H2,1-2H3/t12?,13-,14-/m0/s1.